The fourth-order valence-corrected chi connectivity index (χ4v) is 3.07. The highest BCUT2D eigenvalue weighted by molar-refractivity contribution is 5.66. The van der Waals surface area contributed by atoms with Gasteiger partial charge in [-0.3, -0.25) is 4.79 Å². The molecule has 0 bridgehead atoms. The average molecular weight is 182 g/mol. The molecule has 0 radical (unpaired) electrons. The first-order chi connectivity index (χ1) is 6.27. The predicted octanol–water partition coefficient (Wildman–Crippen LogP) is 2.52. The highest BCUT2D eigenvalue weighted by atomic mass is 16.5. The van der Waals surface area contributed by atoms with E-state index in [1.165, 1.54) is 39.0 Å². The van der Waals surface area contributed by atoms with Crippen molar-refractivity contribution in [1.82, 2.24) is 0 Å². The summed E-state index contributed by atoms with van der Waals surface area (Å²) in [6.45, 7) is 1.53. The first-order valence-corrected chi connectivity index (χ1v) is 5.44. The van der Waals surface area contributed by atoms with Gasteiger partial charge in [0.2, 0.25) is 0 Å². The van der Waals surface area contributed by atoms with Crippen molar-refractivity contribution in [1.29, 1.82) is 0 Å². The van der Waals surface area contributed by atoms with Crippen LogP contribution in [0.4, 0.5) is 0 Å². The average Bonchev–Trinajstić information content (AvgIpc) is 2.51. The zero-order chi connectivity index (χ0) is 9.26. The summed E-state index contributed by atoms with van der Waals surface area (Å²) in [4.78, 5) is 10.9. The van der Waals surface area contributed by atoms with Crippen LogP contribution in [-0.2, 0) is 9.53 Å². The molecule has 0 aromatic carbocycles. The molecule has 0 amide bonds. The summed E-state index contributed by atoms with van der Waals surface area (Å²) in [5, 5.41) is 0. The van der Waals surface area contributed by atoms with Gasteiger partial charge in [-0.05, 0) is 37.5 Å². The Kier molecular flexibility index (Phi) is 2.56. The Balaban J connectivity index is 1.97. The third kappa shape index (κ3) is 1.87. The standard InChI is InChI=1S/C11H18O2/c1-8(12)13-11-7-3-5-9-4-2-6-10(9)11/h9-11H,2-7H2,1H3/t9-,10-,11+/m0/s1. The van der Waals surface area contributed by atoms with Crippen LogP contribution in [0, 0.1) is 11.8 Å². The van der Waals surface area contributed by atoms with E-state index in [9.17, 15) is 4.79 Å². The molecule has 0 unspecified atom stereocenters. The van der Waals surface area contributed by atoms with Crippen LogP contribution in [0.5, 0.6) is 0 Å². The Morgan fingerprint density at radius 1 is 1.15 bits per heavy atom. The van der Waals surface area contributed by atoms with Gasteiger partial charge < -0.3 is 4.74 Å². The fraction of sp³-hybridized carbons (Fsp3) is 0.909. The maximum atomic E-state index is 10.9. The molecule has 0 saturated heterocycles. The fourth-order valence-electron chi connectivity index (χ4n) is 3.07. The number of esters is 1. The number of fused-ring (bicyclic) bond motifs is 1. The minimum absolute atomic E-state index is 0.0995. The maximum Gasteiger partial charge on any atom is 0.302 e. The topological polar surface area (TPSA) is 26.3 Å². The molecule has 0 heterocycles. The first kappa shape index (κ1) is 9.04. The Hall–Kier alpha value is -0.530. The number of carbonyl (C=O) groups excluding carboxylic acids is 1. The molecule has 2 rings (SSSR count). The van der Waals surface area contributed by atoms with E-state index >= 15 is 0 Å². The minimum Gasteiger partial charge on any atom is -0.462 e. The van der Waals surface area contributed by atoms with Gasteiger partial charge in [0.15, 0.2) is 0 Å². The third-order valence-electron chi connectivity index (χ3n) is 3.58. The SMILES string of the molecule is CC(=O)O[C@@H]1CCC[C@@H]2CCC[C@@H]21. The summed E-state index contributed by atoms with van der Waals surface area (Å²) in [5.74, 6) is 1.45. The molecule has 0 aromatic heterocycles. The molecule has 3 atom stereocenters. The molecule has 0 spiro atoms. The summed E-state index contributed by atoms with van der Waals surface area (Å²) in [7, 11) is 0. The first-order valence-electron chi connectivity index (χ1n) is 5.44. The molecular weight excluding hydrogens is 164 g/mol. The van der Waals surface area contributed by atoms with Crippen molar-refractivity contribution in [3.63, 3.8) is 0 Å². The Morgan fingerprint density at radius 3 is 2.54 bits per heavy atom. The number of carbonyl (C=O) groups is 1. The summed E-state index contributed by atoms with van der Waals surface area (Å²) in [6, 6.07) is 0. The van der Waals surface area contributed by atoms with Gasteiger partial charge in [-0.2, -0.15) is 0 Å². The highest BCUT2D eigenvalue weighted by Crippen LogP contribution is 2.43. The Morgan fingerprint density at radius 2 is 1.85 bits per heavy atom. The molecule has 0 N–H and O–H groups in total. The van der Waals surface area contributed by atoms with Crippen molar-refractivity contribution in [2.45, 2.75) is 51.6 Å². The van der Waals surface area contributed by atoms with Crippen LogP contribution in [0.15, 0.2) is 0 Å². The number of rotatable bonds is 1. The quantitative estimate of drug-likeness (QED) is 0.582. The van der Waals surface area contributed by atoms with Gasteiger partial charge in [-0.1, -0.05) is 12.8 Å². The van der Waals surface area contributed by atoms with E-state index in [1.807, 2.05) is 0 Å². The van der Waals surface area contributed by atoms with E-state index in [0.29, 0.717) is 5.92 Å². The minimum atomic E-state index is -0.0995. The predicted molar refractivity (Wildman–Crippen MR) is 50.2 cm³/mol. The van der Waals surface area contributed by atoms with Gasteiger partial charge in [0, 0.05) is 6.92 Å². The summed E-state index contributed by atoms with van der Waals surface area (Å²) < 4.78 is 5.37. The van der Waals surface area contributed by atoms with Crippen LogP contribution < -0.4 is 0 Å². The van der Waals surface area contributed by atoms with E-state index < -0.39 is 0 Å². The molecule has 2 nitrogen and oxygen atoms in total. The number of ether oxygens (including phenoxy) is 1. The van der Waals surface area contributed by atoms with Crippen LogP contribution in [0.3, 0.4) is 0 Å². The van der Waals surface area contributed by atoms with Gasteiger partial charge in [-0.15, -0.1) is 0 Å². The number of hydrogen-bond acceptors (Lipinski definition) is 2. The van der Waals surface area contributed by atoms with E-state index in [1.54, 1.807) is 0 Å². The van der Waals surface area contributed by atoms with Crippen molar-refractivity contribution in [2.24, 2.45) is 11.8 Å². The molecule has 0 aromatic rings. The van der Waals surface area contributed by atoms with Gasteiger partial charge in [0.25, 0.3) is 0 Å². The summed E-state index contributed by atoms with van der Waals surface area (Å²) in [6.07, 6.45) is 7.94. The van der Waals surface area contributed by atoms with E-state index in [-0.39, 0.29) is 12.1 Å². The second-order valence-electron chi connectivity index (χ2n) is 4.43. The monoisotopic (exact) mass is 182 g/mol. The largest absolute Gasteiger partial charge is 0.462 e. The molecule has 74 valence electrons. The molecule has 0 aliphatic heterocycles. The molecule has 2 aliphatic rings. The van der Waals surface area contributed by atoms with Crippen LogP contribution in [-0.4, -0.2) is 12.1 Å². The second-order valence-corrected chi connectivity index (χ2v) is 4.43. The van der Waals surface area contributed by atoms with E-state index in [0.717, 1.165) is 12.3 Å². The van der Waals surface area contributed by atoms with E-state index in [2.05, 4.69) is 0 Å². The van der Waals surface area contributed by atoms with Gasteiger partial charge in [0.1, 0.15) is 6.10 Å². The zero-order valence-electron chi connectivity index (χ0n) is 8.29. The molecule has 2 saturated carbocycles. The van der Waals surface area contributed by atoms with Crippen molar-refractivity contribution in [3.05, 3.63) is 0 Å². The third-order valence-corrected chi connectivity index (χ3v) is 3.58. The van der Waals surface area contributed by atoms with Crippen LogP contribution in [0.1, 0.15) is 45.4 Å². The normalized spacial score (nSPS) is 38.4. The molecule has 2 aliphatic carbocycles. The summed E-state index contributed by atoms with van der Waals surface area (Å²) in [5.41, 5.74) is 0. The van der Waals surface area contributed by atoms with Crippen molar-refractivity contribution < 1.29 is 9.53 Å². The lowest BCUT2D eigenvalue weighted by molar-refractivity contribution is -0.151. The smallest absolute Gasteiger partial charge is 0.302 e. The lowest BCUT2D eigenvalue weighted by Gasteiger charge is -2.32. The Labute approximate surface area is 79.7 Å². The van der Waals surface area contributed by atoms with Crippen LogP contribution in [0.25, 0.3) is 0 Å². The summed E-state index contributed by atoms with van der Waals surface area (Å²) >= 11 is 0. The lowest BCUT2D eigenvalue weighted by Crippen LogP contribution is -2.32. The molecule has 2 fully saturated rings. The van der Waals surface area contributed by atoms with Crippen molar-refractivity contribution in [3.8, 4) is 0 Å². The van der Waals surface area contributed by atoms with Crippen molar-refractivity contribution >= 4 is 5.97 Å². The van der Waals surface area contributed by atoms with Crippen LogP contribution in [0.2, 0.25) is 0 Å². The van der Waals surface area contributed by atoms with E-state index in [4.69, 9.17) is 4.74 Å². The maximum absolute atomic E-state index is 10.9. The molecular formula is C11H18O2. The molecule has 13 heavy (non-hydrogen) atoms. The van der Waals surface area contributed by atoms with Crippen molar-refractivity contribution in [2.75, 3.05) is 0 Å². The Bertz CT molecular complexity index is 200. The van der Waals surface area contributed by atoms with Crippen LogP contribution >= 0.6 is 0 Å². The molecule has 2 heteroatoms. The highest BCUT2D eigenvalue weighted by Gasteiger charge is 2.37. The zero-order valence-corrected chi connectivity index (χ0v) is 8.29. The van der Waals surface area contributed by atoms with Gasteiger partial charge in [-0.25, -0.2) is 0 Å². The van der Waals surface area contributed by atoms with Gasteiger partial charge >= 0.3 is 5.97 Å². The van der Waals surface area contributed by atoms with Gasteiger partial charge in [0.05, 0.1) is 0 Å². The number of hydrogen-bond donors (Lipinski definition) is 0. The second kappa shape index (κ2) is 3.69. The lowest BCUT2D eigenvalue weighted by atomic mass is 9.79.